The average Bonchev–Trinajstić information content (AvgIpc) is 2.55. The Morgan fingerprint density at radius 2 is 1.52 bits per heavy atom. The smallest absolute Gasteiger partial charge is 0.251 e. The molecule has 0 unspecified atom stereocenters. The normalized spacial score (nSPS) is 10.2. The van der Waals surface area contributed by atoms with E-state index in [0.29, 0.717) is 17.8 Å². The van der Waals surface area contributed by atoms with Crippen LogP contribution in [0.5, 0.6) is 0 Å². The highest BCUT2D eigenvalue weighted by atomic mass is 16.2. The van der Waals surface area contributed by atoms with Gasteiger partial charge in [0.05, 0.1) is 0 Å². The van der Waals surface area contributed by atoms with Crippen molar-refractivity contribution in [3.63, 3.8) is 0 Å². The zero-order chi connectivity index (χ0) is 16.7. The van der Waals surface area contributed by atoms with Crippen LogP contribution in [0.1, 0.15) is 35.3 Å². The second-order valence-corrected chi connectivity index (χ2v) is 5.43. The Kier molecular flexibility index (Phi) is 5.92. The van der Waals surface area contributed by atoms with Gasteiger partial charge >= 0.3 is 0 Å². The van der Waals surface area contributed by atoms with Crippen molar-refractivity contribution in [1.29, 1.82) is 0 Å². The molecule has 2 amide bonds. The molecule has 0 saturated carbocycles. The molecule has 0 fully saturated rings. The lowest BCUT2D eigenvalue weighted by atomic mass is 10.1. The van der Waals surface area contributed by atoms with Gasteiger partial charge in [-0.15, -0.1) is 0 Å². The molecule has 0 bridgehead atoms. The zero-order valence-corrected chi connectivity index (χ0v) is 13.6. The van der Waals surface area contributed by atoms with E-state index in [2.05, 4.69) is 41.8 Å². The van der Waals surface area contributed by atoms with Gasteiger partial charge in [-0.05, 0) is 48.2 Å². The lowest BCUT2D eigenvalue weighted by molar-refractivity contribution is -0.114. The van der Waals surface area contributed by atoms with Crippen molar-refractivity contribution in [3.05, 3.63) is 65.2 Å². The van der Waals surface area contributed by atoms with Gasteiger partial charge < -0.3 is 10.6 Å². The molecule has 0 atom stereocenters. The van der Waals surface area contributed by atoms with E-state index in [1.165, 1.54) is 18.1 Å². The van der Waals surface area contributed by atoms with Crippen LogP contribution >= 0.6 is 0 Å². The summed E-state index contributed by atoms with van der Waals surface area (Å²) in [7, 11) is 0. The van der Waals surface area contributed by atoms with Gasteiger partial charge in [-0.2, -0.15) is 0 Å². The third-order valence-electron chi connectivity index (χ3n) is 3.60. The zero-order valence-electron chi connectivity index (χ0n) is 13.6. The topological polar surface area (TPSA) is 58.2 Å². The second kappa shape index (κ2) is 8.13. The molecule has 4 nitrogen and oxygen atoms in total. The Morgan fingerprint density at radius 1 is 0.913 bits per heavy atom. The quantitative estimate of drug-likeness (QED) is 0.861. The highest BCUT2D eigenvalue weighted by Gasteiger charge is 2.05. The van der Waals surface area contributed by atoms with Crippen LogP contribution in [0.4, 0.5) is 5.69 Å². The summed E-state index contributed by atoms with van der Waals surface area (Å²) < 4.78 is 0. The van der Waals surface area contributed by atoms with Crippen LogP contribution in [0.15, 0.2) is 48.5 Å². The first kappa shape index (κ1) is 16.7. The predicted molar refractivity (Wildman–Crippen MR) is 92.6 cm³/mol. The maximum atomic E-state index is 12.1. The number of rotatable bonds is 6. The number of carbonyl (C=O) groups excluding carboxylic acids is 2. The Morgan fingerprint density at radius 3 is 2.09 bits per heavy atom. The highest BCUT2D eigenvalue weighted by molar-refractivity contribution is 5.95. The summed E-state index contributed by atoms with van der Waals surface area (Å²) in [6.07, 6.45) is 1.84. The minimum atomic E-state index is -0.128. The van der Waals surface area contributed by atoms with Gasteiger partial charge in [0.15, 0.2) is 0 Å². The fourth-order valence-electron chi connectivity index (χ4n) is 2.27. The Bertz CT molecular complexity index is 661. The highest BCUT2D eigenvalue weighted by Crippen LogP contribution is 2.09. The average molecular weight is 310 g/mol. The van der Waals surface area contributed by atoms with Crippen molar-refractivity contribution in [2.75, 3.05) is 11.9 Å². The number of benzene rings is 2. The van der Waals surface area contributed by atoms with E-state index in [1.54, 1.807) is 24.3 Å². The van der Waals surface area contributed by atoms with E-state index in [9.17, 15) is 9.59 Å². The van der Waals surface area contributed by atoms with Crippen molar-refractivity contribution < 1.29 is 9.59 Å². The molecule has 2 N–H and O–H groups in total. The fourth-order valence-corrected chi connectivity index (χ4v) is 2.27. The van der Waals surface area contributed by atoms with Gasteiger partial charge in [-0.3, -0.25) is 9.59 Å². The number of hydrogen-bond donors (Lipinski definition) is 2. The van der Waals surface area contributed by atoms with E-state index < -0.39 is 0 Å². The van der Waals surface area contributed by atoms with Gasteiger partial charge in [0.25, 0.3) is 5.91 Å². The third-order valence-corrected chi connectivity index (χ3v) is 3.60. The molecule has 2 aromatic rings. The van der Waals surface area contributed by atoms with Crippen LogP contribution in [0.25, 0.3) is 0 Å². The first-order valence-corrected chi connectivity index (χ1v) is 7.82. The summed E-state index contributed by atoms with van der Waals surface area (Å²) in [6.45, 7) is 4.18. The van der Waals surface area contributed by atoms with E-state index in [4.69, 9.17) is 0 Å². The molecule has 4 heteroatoms. The van der Waals surface area contributed by atoms with Crippen molar-refractivity contribution in [1.82, 2.24) is 5.32 Å². The van der Waals surface area contributed by atoms with E-state index >= 15 is 0 Å². The van der Waals surface area contributed by atoms with Gasteiger partial charge in [0, 0.05) is 24.7 Å². The molecule has 0 aliphatic carbocycles. The standard InChI is InChI=1S/C19H22N2O2/c1-3-15-4-6-16(7-5-15)12-13-20-19(23)17-8-10-18(11-9-17)21-14(2)22/h4-11H,3,12-13H2,1-2H3,(H,20,23)(H,21,22). The SMILES string of the molecule is CCc1ccc(CCNC(=O)c2ccc(NC(C)=O)cc2)cc1. The fraction of sp³-hybridized carbons (Fsp3) is 0.263. The number of anilines is 1. The molecule has 0 aliphatic heterocycles. The molecular formula is C19H22N2O2. The predicted octanol–water partition coefficient (Wildman–Crippen LogP) is 3.18. The number of aryl methyl sites for hydroxylation is 1. The minimum Gasteiger partial charge on any atom is -0.352 e. The molecule has 23 heavy (non-hydrogen) atoms. The van der Waals surface area contributed by atoms with Gasteiger partial charge in [0.1, 0.15) is 0 Å². The summed E-state index contributed by atoms with van der Waals surface area (Å²) in [5.41, 5.74) is 3.80. The van der Waals surface area contributed by atoms with E-state index in [0.717, 1.165) is 12.8 Å². The van der Waals surface area contributed by atoms with Crippen LogP contribution < -0.4 is 10.6 Å². The van der Waals surface area contributed by atoms with Gasteiger partial charge in [0.2, 0.25) is 5.91 Å². The molecule has 0 radical (unpaired) electrons. The van der Waals surface area contributed by atoms with Gasteiger partial charge in [-0.1, -0.05) is 31.2 Å². The summed E-state index contributed by atoms with van der Waals surface area (Å²) in [4.78, 5) is 23.0. The largest absolute Gasteiger partial charge is 0.352 e. The van der Waals surface area contributed by atoms with Crippen molar-refractivity contribution in [2.45, 2.75) is 26.7 Å². The summed E-state index contributed by atoms with van der Waals surface area (Å²) in [5.74, 6) is -0.235. The maximum absolute atomic E-state index is 12.1. The van der Waals surface area contributed by atoms with Crippen LogP contribution in [-0.4, -0.2) is 18.4 Å². The van der Waals surface area contributed by atoms with Crippen LogP contribution in [0.3, 0.4) is 0 Å². The lowest BCUT2D eigenvalue weighted by Crippen LogP contribution is -2.25. The lowest BCUT2D eigenvalue weighted by Gasteiger charge is -2.07. The number of carbonyl (C=O) groups is 2. The van der Waals surface area contributed by atoms with Crippen LogP contribution in [0.2, 0.25) is 0 Å². The Hall–Kier alpha value is -2.62. The molecule has 2 aromatic carbocycles. The molecule has 0 aromatic heterocycles. The summed E-state index contributed by atoms with van der Waals surface area (Å²) in [5, 5.41) is 5.58. The van der Waals surface area contributed by atoms with Crippen LogP contribution in [-0.2, 0) is 17.6 Å². The number of hydrogen-bond acceptors (Lipinski definition) is 2. The van der Waals surface area contributed by atoms with E-state index in [1.807, 2.05) is 0 Å². The molecule has 0 saturated heterocycles. The molecule has 0 spiro atoms. The van der Waals surface area contributed by atoms with Gasteiger partial charge in [-0.25, -0.2) is 0 Å². The second-order valence-electron chi connectivity index (χ2n) is 5.43. The summed E-state index contributed by atoms with van der Waals surface area (Å²) in [6, 6.07) is 15.3. The molecular weight excluding hydrogens is 288 g/mol. The maximum Gasteiger partial charge on any atom is 0.251 e. The Labute approximate surface area is 136 Å². The third kappa shape index (κ3) is 5.25. The molecule has 2 rings (SSSR count). The number of nitrogens with one attached hydrogen (secondary N) is 2. The van der Waals surface area contributed by atoms with E-state index in [-0.39, 0.29) is 11.8 Å². The summed E-state index contributed by atoms with van der Waals surface area (Å²) >= 11 is 0. The molecule has 0 heterocycles. The first-order valence-electron chi connectivity index (χ1n) is 7.82. The number of amides is 2. The minimum absolute atomic E-state index is 0.107. The first-order chi connectivity index (χ1) is 11.1. The molecule has 120 valence electrons. The van der Waals surface area contributed by atoms with Crippen LogP contribution in [0, 0.1) is 0 Å². The van der Waals surface area contributed by atoms with Crippen molar-refractivity contribution in [2.24, 2.45) is 0 Å². The monoisotopic (exact) mass is 310 g/mol. The molecule has 0 aliphatic rings. The Balaban J connectivity index is 1.83. The van der Waals surface area contributed by atoms with Crippen molar-refractivity contribution >= 4 is 17.5 Å². The van der Waals surface area contributed by atoms with Crippen molar-refractivity contribution in [3.8, 4) is 0 Å².